The van der Waals surface area contributed by atoms with Crippen molar-refractivity contribution in [2.24, 2.45) is 0 Å². The highest BCUT2D eigenvalue weighted by Crippen LogP contribution is 2.28. The molecule has 0 unspecified atom stereocenters. The standard InChI is InChI=1S/C21H18N4O4/c26-18-13-24(17-9-5-4-8-16(17)22-18)20(28)14-25-19(27)10-11-23(21(25)29)12-15-6-2-1-3-7-15/h1-11H,12-14H2,(H,22,26). The molecule has 4 rings (SSSR count). The van der Waals surface area contributed by atoms with E-state index in [1.54, 1.807) is 24.3 Å². The Bertz CT molecular complexity index is 1200. The highest BCUT2D eigenvalue weighted by Gasteiger charge is 2.27. The maximum atomic E-state index is 12.9. The Balaban J connectivity index is 1.64. The molecule has 0 fully saturated rings. The summed E-state index contributed by atoms with van der Waals surface area (Å²) in [5, 5.41) is 2.70. The lowest BCUT2D eigenvalue weighted by Crippen LogP contribution is -2.47. The molecule has 146 valence electrons. The minimum atomic E-state index is -0.579. The van der Waals surface area contributed by atoms with Crippen LogP contribution in [0.3, 0.4) is 0 Å². The van der Waals surface area contributed by atoms with Gasteiger partial charge >= 0.3 is 5.69 Å². The van der Waals surface area contributed by atoms with E-state index in [1.165, 1.54) is 21.7 Å². The summed E-state index contributed by atoms with van der Waals surface area (Å²) in [6, 6.07) is 17.5. The summed E-state index contributed by atoms with van der Waals surface area (Å²) in [6.45, 7) is -0.340. The molecule has 1 N–H and O–H groups in total. The molecule has 0 saturated carbocycles. The van der Waals surface area contributed by atoms with Crippen LogP contribution in [0.1, 0.15) is 5.56 Å². The van der Waals surface area contributed by atoms with Crippen LogP contribution in [-0.2, 0) is 22.7 Å². The van der Waals surface area contributed by atoms with E-state index in [0.29, 0.717) is 11.4 Å². The zero-order valence-electron chi connectivity index (χ0n) is 15.4. The van der Waals surface area contributed by atoms with Crippen LogP contribution in [0.4, 0.5) is 11.4 Å². The van der Waals surface area contributed by atoms with Crippen molar-refractivity contribution in [3.63, 3.8) is 0 Å². The topological polar surface area (TPSA) is 93.4 Å². The van der Waals surface area contributed by atoms with Crippen LogP contribution in [0.5, 0.6) is 0 Å². The van der Waals surface area contributed by atoms with Gasteiger partial charge in [-0.25, -0.2) is 4.79 Å². The van der Waals surface area contributed by atoms with E-state index in [9.17, 15) is 19.2 Å². The number of fused-ring (bicyclic) bond motifs is 1. The molecule has 0 aliphatic carbocycles. The largest absolute Gasteiger partial charge is 0.331 e. The lowest BCUT2D eigenvalue weighted by atomic mass is 10.2. The van der Waals surface area contributed by atoms with Gasteiger partial charge in [0.1, 0.15) is 13.1 Å². The maximum Gasteiger partial charge on any atom is 0.331 e. The van der Waals surface area contributed by atoms with Crippen molar-refractivity contribution in [1.82, 2.24) is 9.13 Å². The Hall–Kier alpha value is -3.94. The van der Waals surface area contributed by atoms with E-state index < -0.39 is 23.7 Å². The van der Waals surface area contributed by atoms with Crippen molar-refractivity contribution in [2.75, 3.05) is 16.8 Å². The number of nitrogens with one attached hydrogen (secondary N) is 1. The second kappa shape index (κ2) is 7.59. The molecule has 0 spiro atoms. The summed E-state index contributed by atoms with van der Waals surface area (Å²) in [5.74, 6) is -0.845. The quantitative estimate of drug-likeness (QED) is 0.720. The zero-order chi connectivity index (χ0) is 20.4. The number of carbonyl (C=O) groups excluding carboxylic acids is 2. The molecule has 1 aliphatic heterocycles. The normalized spacial score (nSPS) is 13.0. The second-order valence-corrected chi connectivity index (χ2v) is 6.68. The maximum absolute atomic E-state index is 12.9. The van der Waals surface area contributed by atoms with Crippen LogP contribution in [0, 0.1) is 0 Å². The number of carbonyl (C=O) groups is 2. The fourth-order valence-corrected chi connectivity index (χ4v) is 3.28. The van der Waals surface area contributed by atoms with Crippen molar-refractivity contribution < 1.29 is 9.59 Å². The van der Waals surface area contributed by atoms with Crippen molar-refractivity contribution in [1.29, 1.82) is 0 Å². The van der Waals surface area contributed by atoms with E-state index in [0.717, 1.165) is 10.1 Å². The van der Waals surface area contributed by atoms with E-state index in [1.807, 2.05) is 30.3 Å². The van der Waals surface area contributed by atoms with Gasteiger partial charge in [0.05, 0.1) is 17.9 Å². The molecule has 0 bridgehead atoms. The van der Waals surface area contributed by atoms with Gasteiger partial charge in [0.2, 0.25) is 11.8 Å². The molecule has 3 aromatic rings. The minimum Gasteiger partial charge on any atom is -0.323 e. The van der Waals surface area contributed by atoms with Gasteiger partial charge in [0, 0.05) is 12.3 Å². The van der Waals surface area contributed by atoms with Crippen molar-refractivity contribution >= 4 is 23.2 Å². The van der Waals surface area contributed by atoms with Gasteiger partial charge in [-0.3, -0.25) is 28.4 Å². The molecule has 0 radical (unpaired) electrons. The Morgan fingerprint density at radius 1 is 0.931 bits per heavy atom. The second-order valence-electron chi connectivity index (χ2n) is 6.68. The zero-order valence-corrected chi connectivity index (χ0v) is 15.4. The first-order valence-electron chi connectivity index (χ1n) is 9.06. The van der Waals surface area contributed by atoms with E-state index in [2.05, 4.69) is 5.32 Å². The molecule has 2 amide bonds. The fourth-order valence-electron chi connectivity index (χ4n) is 3.28. The summed E-state index contributed by atoms with van der Waals surface area (Å²) in [6.07, 6.45) is 1.42. The number of amides is 2. The Morgan fingerprint density at radius 3 is 2.45 bits per heavy atom. The number of hydrogen-bond acceptors (Lipinski definition) is 4. The van der Waals surface area contributed by atoms with Gasteiger partial charge in [0.15, 0.2) is 0 Å². The number of para-hydroxylation sites is 2. The minimum absolute atomic E-state index is 0.171. The smallest absolute Gasteiger partial charge is 0.323 e. The average Bonchev–Trinajstić information content (AvgIpc) is 2.73. The number of rotatable bonds is 4. The predicted octanol–water partition coefficient (Wildman–Crippen LogP) is 1.04. The van der Waals surface area contributed by atoms with Crippen LogP contribution in [0.25, 0.3) is 0 Å². The monoisotopic (exact) mass is 390 g/mol. The average molecular weight is 390 g/mol. The molecule has 1 aliphatic rings. The predicted molar refractivity (Wildman–Crippen MR) is 108 cm³/mol. The summed E-state index contributed by atoms with van der Waals surface area (Å²) in [4.78, 5) is 51.2. The third-order valence-corrected chi connectivity index (χ3v) is 4.70. The van der Waals surface area contributed by atoms with Gasteiger partial charge in [-0.05, 0) is 17.7 Å². The number of benzene rings is 2. The van der Waals surface area contributed by atoms with Gasteiger partial charge < -0.3 is 5.32 Å². The molecule has 1 aromatic heterocycles. The van der Waals surface area contributed by atoms with E-state index >= 15 is 0 Å². The van der Waals surface area contributed by atoms with Crippen LogP contribution in [-0.4, -0.2) is 27.5 Å². The van der Waals surface area contributed by atoms with Crippen LogP contribution >= 0.6 is 0 Å². The molecular weight excluding hydrogens is 372 g/mol. The first-order chi connectivity index (χ1) is 14.0. The van der Waals surface area contributed by atoms with Gasteiger partial charge in [-0.2, -0.15) is 0 Å². The van der Waals surface area contributed by atoms with Crippen LogP contribution < -0.4 is 21.5 Å². The SMILES string of the molecule is O=C1CN(C(=O)Cn2c(=O)ccn(Cc3ccccc3)c2=O)c2ccccc2N1. The molecule has 8 nitrogen and oxygen atoms in total. The lowest BCUT2D eigenvalue weighted by molar-refractivity contribution is -0.122. The summed E-state index contributed by atoms with van der Waals surface area (Å²) >= 11 is 0. The Morgan fingerprint density at radius 2 is 1.66 bits per heavy atom. The molecule has 2 heterocycles. The van der Waals surface area contributed by atoms with Crippen LogP contribution in [0.15, 0.2) is 76.4 Å². The number of hydrogen-bond donors (Lipinski definition) is 1. The molecule has 0 saturated heterocycles. The van der Waals surface area contributed by atoms with Crippen LogP contribution in [0.2, 0.25) is 0 Å². The van der Waals surface area contributed by atoms with Crippen molar-refractivity contribution in [3.05, 3.63) is 93.3 Å². The number of aromatic nitrogens is 2. The molecular formula is C21H18N4O4. The highest BCUT2D eigenvalue weighted by molar-refractivity contribution is 6.09. The lowest BCUT2D eigenvalue weighted by Gasteiger charge is -2.29. The number of anilines is 2. The highest BCUT2D eigenvalue weighted by atomic mass is 16.2. The summed E-state index contributed by atoms with van der Waals surface area (Å²) < 4.78 is 2.27. The third-order valence-electron chi connectivity index (χ3n) is 4.70. The summed E-state index contributed by atoms with van der Waals surface area (Å²) in [7, 11) is 0. The molecule has 0 atom stereocenters. The van der Waals surface area contributed by atoms with Crippen molar-refractivity contribution in [2.45, 2.75) is 13.1 Å². The molecule has 8 heteroatoms. The van der Waals surface area contributed by atoms with E-state index in [4.69, 9.17) is 0 Å². The summed E-state index contributed by atoms with van der Waals surface area (Å²) in [5.41, 5.74) is 0.796. The van der Waals surface area contributed by atoms with Gasteiger partial charge in [-0.15, -0.1) is 0 Å². The first-order valence-corrected chi connectivity index (χ1v) is 9.06. The van der Waals surface area contributed by atoms with Gasteiger partial charge in [-0.1, -0.05) is 42.5 Å². The molecule has 29 heavy (non-hydrogen) atoms. The Labute approximate surface area is 165 Å². The van der Waals surface area contributed by atoms with E-state index in [-0.39, 0.29) is 19.0 Å². The molecule has 2 aromatic carbocycles. The van der Waals surface area contributed by atoms with Crippen molar-refractivity contribution in [3.8, 4) is 0 Å². The van der Waals surface area contributed by atoms with Gasteiger partial charge in [0.25, 0.3) is 5.56 Å². The number of nitrogens with zero attached hydrogens (tertiary/aromatic N) is 3. The first kappa shape index (κ1) is 18.4. The fraction of sp³-hybridized carbons (Fsp3) is 0.143. The third kappa shape index (κ3) is 3.73. The Kier molecular flexibility index (Phi) is 4.82.